The number of rotatable bonds is 2. The number of carbonyl (C=O) groups excluding carboxylic acids is 1. The first kappa shape index (κ1) is 14.8. The van der Waals surface area contributed by atoms with Crippen molar-refractivity contribution < 1.29 is 17.9 Å². The fourth-order valence-corrected chi connectivity index (χ4v) is 3.82. The Morgan fingerprint density at radius 1 is 1.44 bits per heavy atom. The SMILES string of the molecule is CC(C)(C)OC(=O)NCC1CS(=O)(=O)CC1C#N. The average Bonchev–Trinajstić information content (AvgIpc) is 2.47. The van der Waals surface area contributed by atoms with E-state index in [0.29, 0.717) is 0 Å². The molecule has 1 saturated heterocycles. The molecule has 6 nitrogen and oxygen atoms in total. The number of carbonyl (C=O) groups is 1. The van der Waals surface area contributed by atoms with Crippen LogP contribution in [0.15, 0.2) is 0 Å². The van der Waals surface area contributed by atoms with Gasteiger partial charge in [-0.15, -0.1) is 0 Å². The van der Waals surface area contributed by atoms with Crippen LogP contribution in [-0.2, 0) is 14.6 Å². The van der Waals surface area contributed by atoms with Gasteiger partial charge in [0.2, 0.25) is 0 Å². The summed E-state index contributed by atoms with van der Waals surface area (Å²) >= 11 is 0. The maximum absolute atomic E-state index is 11.4. The van der Waals surface area contributed by atoms with Crippen LogP contribution in [0.2, 0.25) is 0 Å². The molecule has 0 radical (unpaired) electrons. The minimum atomic E-state index is -3.15. The number of ether oxygens (including phenoxy) is 1. The zero-order valence-corrected chi connectivity index (χ0v) is 11.6. The number of nitrogens with zero attached hydrogens (tertiary/aromatic N) is 1. The molecule has 0 aromatic heterocycles. The van der Waals surface area contributed by atoms with Crippen molar-refractivity contribution in [1.29, 1.82) is 5.26 Å². The van der Waals surface area contributed by atoms with Crippen molar-refractivity contribution in [1.82, 2.24) is 5.32 Å². The van der Waals surface area contributed by atoms with E-state index in [-0.39, 0.29) is 24.0 Å². The molecule has 1 aliphatic heterocycles. The van der Waals surface area contributed by atoms with E-state index < -0.39 is 27.4 Å². The Morgan fingerprint density at radius 3 is 2.56 bits per heavy atom. The first-order chi connectivity index (χ1) is 8.13. The quantitative estimate of drug-likeness (QED) is 0.799. The van der Waals surface area contributed by atoms with Gasteiger partial charge in [-0.25, -0.2) is 13.2 Å². The summed E-state index contributed by atoms with van der Waals surface area (Å²) in [6, 6.07) is 1.97. The van der Waals surface area contributed by atoms with Crippen molar-refractivity contribution in [3.05, 3.63) is 0 Å². The highest BCUT2D eigenvalue weighted by Crippen LogP contribution is 2.24. The molecule has 1 aliphatic rings. The van der Waals surface area contributed by atoms with E-state index >= 15 is 0 Å². The van der Waals surface area contributed by atoms with Gasteiger partial charge in [0.1, 0.15) is 5.60 Å². The van der Waals surface area contributed by atoms with Crippen molar-refractivity contribution in [2.24, 2.45) is 11.8 Å². The zero-order chi connectivity index (χ0) is 14.0. The molecule has 1 amide bonds. The van der Waals surface area contributed by atoms with E-state index in [9.17, 15) is 13.2 Å². The highest BCUT2D eigenvalue weighted by Gasteiger charge is 2.37. The van der Waals surface area contributed by atoms with Crippen LogP contribution in [0.4, 0.5) is 4.79 Å². The van der Waals surface area contributed by atoms with E-state index in [1.807, 2.05) is 6.07 Å². The maximum atomic E-state index is 11.4. The first-order valence-corrected chi connectivity index (χ1v) is 7.52. The standard InChI is InChI=1S/C11H18N2O4S/c1-11(2,3)17-10(14)13-5-9-7-18(15,16)6-8(9)4-12/h8-9H,5-7H2,1-3H3,(H,13,14). The molecule has 0 bridgehead atoms. The monoisotopic (exact) mass is 274 g/mol. The molecule has 1 heterocycles. The van der Waals surface area contributed by atoms with Gasteiger partial charge >= 0.3 is 6.09 Å². The fourth-order valence-electron chi connectivity index (χ4n) is 1.79. The van der Waals surface area contributed by atoms with E-state index in [2.05, 4.69) is 5.32 Å². The van der Waals surface area contributed by atoms with Crippen molar-refractivity contribution in [3.8, 4) is 6.07 Å². The molecule has 1 N–H and O–H groups in total. The minimum Gasteiger partial charge on any atom is -0.444 e. The van der Waals surface area contributed by atoms with Crippen LogP contribution in [0.1, 0.15) is 20.8 Å². The smallest absolute Gasteiger partial charge is 0.407 e. The highest BCUT2D eigenvalue weighted by molar-refractivity contribution is 7.91. The van der Waals surface area contributed by atoms with Crippen LogP contribution < -0.4 is 5.32 Å². The molecular weight excluding hydrogens is 256 g/mol. The van der Waals surface area contributed by atoms with Gasteiger partial charge < -0.3 is 10.1 Å². The number of alkyl carbamates (subject to hydrolysis) is 1. The number of nitriles is 1. The lowest BCUT2D eigenvalue weighted by Gasteiger charge is -2.20. The summed E-state index contributed by atoms with van der Waals surface area (Å²) in [4.78, 5) is 11.4. The second kappa shape index (κ2) is 5.14. The van der Waals surface area contributed by atoms with Crippen LogP contribution in [0.25, 0.3) is 0 Å². The Hall–Kier alpha value is -1.29. The van der Waals surface area contributed by atoms with Gasteiger partial charge in [0.15, 0.2) is 9.84 Å². The molecule has 2 unspecified atom stereocenters. The van der Waals surface area contributed by atoms with Crippen LogP contribution in [0.3, 0.4) is 0 Å². The van der Waals surface area contributed by atoms with E-state index in [0.717, 1.165) is 0 Å². The number of amides is 1. The number of hydrogen-bond donors (Lipinski definition) is 1. The van der Waals surface area contributed by atoms with Crippen molar-refractivity contribution in [2.45, 2.75) is 26.4 Å². The zero-order valence-electron chi connectivity index (χ0n) is 10.8. The number of sulfone groups is 1. The van der Waals surface area contributed by atoms with Crippen LogP contribution >= 0.6 is 0 Å². The summed E-state index contributed by atoms with van der Waals surface area (Å²) in [7, 11) is -3.15. The van der Waals surface area contributed by atoms with Gasteiger partial charge in [0.05, 0.1) is 23.5 Å². The summed E-state index contributed by atoms with van der Waals surface area (Å²) in [5, 5.41) is 11.4. The third-order valence-corrected chi connectivity index (χ3v) is 4.35. The summed E-state index contributed by atoms with van der Waals surface area (Å²) < 4.78 is 27.8. The van der Waals surface area contributed by atoms with Crippen LogP contribution in [0, 0.1) is 23.2 Å². The third-order valence-electron chi connectivity index (χ3n) is 2.54. The van der Waals surface area contributed by atoms with E-state index in [1.54, 1.807) is 20.8 Å². The molecule has 0 saturated carbocycles. The van der Waals surface area contributed by atoms with Gasteiger partial charge in [0, 0.05) is 12.5 Å². The molecule has 102 valence electrons. The predicted molar refractivity (Wildman–Crippen MR) is 65.5 cm³/mol. The molecule has 0 aromatic rings. The molecule has 0 aliphatic carbocycles. The lowest BCUT2D eigenvalue weighted by molar-refractivity contribution is 0.0519. The summed E-state index contributed by atoms with van der Waals surface area (Å²) in [5.41, 5.74) is -0.597. The molecule has 7 heteroatoms. The van der Waals surface area contributed by atoms with Crippen molar-refractivity contribution >= 4 is 15.9 Å². The molecular formula is C11H18N2O4S. The molecule has 0 aromatic carbocycles. The predicted octanol–water partition coefficient (Wildman–Crippen LogP) is 0.695. The third kappa shape index (κ3) is 4.53. The van der Waals surface area contributed by atoms with Gasteiger partial charge in [-0.05, 0) is 20.8 Å². The van der Waals surface area contributed by atoms with E-state index in [1.165, 1.54) is 0 Å². The molecule has 1 rings (SSSR count). The minimum absolute atomic E-state index is 0.0545. The summed E-state index contributed by atoms with van der Waals surface area (Å²) in [6.07, 6.45) is -0.594. The molecule has 18 heavy (non-hydrogen) atoms. The molecule has 0 spiro atoms. The molecule has 2 atom stereocenters. The largest absolute Gasteiger partial charge is 0.444 e. The van der Waals surface area contributed by atoms with Crippen LogP contribution in [-0.4, -0.2) is 38.2 Å². The Bertz CT molecular complexity index is 458. The Morgan fingerprint density at radius 2 is 2.06 bits per heavy atom. The normalized spacial score (nSPS) is 26.3. The lowest BCUT2D eigenvalue weighted by atomic mass is 9.98. The first-order valence-electron chi connectivity index (χ1n) is 5.70. The topological polar surface area (TPSA) is 96.3 Å². The van der Waals surface area contributed by atoms with Crippen molar-refractivity contribution in [3.63, 3.8) is 0 Å². The number of nitrogens with one attached hydrogen (secondary N) is 1. The Kier molecular flexibility index (Phi) is 4.22. The maximum Gasteiger partial charge on any atom is 0.407 e. The number of hydrogen-bond acceptors (Lipinski definition) is 5. The summed E-state index contributed by atoms with van der Waals surface area (Å²) in [5.74, 6) is -1.08. The Balaban J connectivity index is 2.49. The van der Waals surface area contributed by atoms with Gasteiger partial charge in [0.25, 0.3) is 0 Å². The lowest BCUT2D eigenvalue weighted by Crippen LogP contribution is -2.36. The van der Waals surface area contributed by atoms with Gasteiger partial charge in [-0.3, -0.25) is 0 Å². The summed E-state index contributed by atoms with van der Waals surface area (Å²) in [6.45, 7) is 5.37. The average molecular weight is 274 g/mol. The van der Waals surface area contributed by atoms with Crippen LogP contribution in [0.5, 0.6) is 0 Å². The van der Waals surface area contributed by atoms with E-state index in [4.69, 9.17) is 10.00 Å². The molecule has 1 fully saturated rings. The van der Waals surface area contributed by atoms with Gasteiger partial charge in [-0.1, -0.05) is 0 Å². The van der Waals surface area contributed by atoms with Gasteiger partial charge in [-0.2, -0.15) is 5.26 Å². The highest BCUT2D eigenvalue weighted by atomic mass is 32.2. The second-order valence-corrected chi connectivity index (χ2v) is 7.61. The fraction of sp³-hybridized carbons (Fsp3) is 0.818. The van der Waals surface area contributed by atoms with Crippen molar-refractivity contribution in [2.75, 3.05) is 18.1 Å². The second-order valence-electron chi connectivity index (χ2n) is 5.46. The Labute approximate surface area is 107 Å².